The maximum Gasteiger partial charge on any atom is 0.0756 e. The third-order valence-electron chi connectivity index (χ3n) is 5.37. The highest BCUT2D eigenvalue weighted by Gasteiger charge is 2.59. The molecule has 2 heteroatoms. The van der Waals surface area contributed by atoms with Crippen LogP contribution in [0, 0.1) is 17.3 Å². The lowest BCUT2D eigenvalue weighted by Crippen LogP contribution is -2.59. The van der Waals surface area contributed by atoms with Gasteiger partial charge in [-0.05, 0) is 43.1 Å². The van der Waals surface area contributed by atoms with E-state index in [1.165, 1.54) is 25.8 Å². The lowest BCUT2D eigenvalue weighted by molar-refractivity contribution is -0.129. The fourth-order valence-corrected chi connectivity index (χ4v) is 4.24. The molecule has 3 fully saturated rings. The third kappa shape index (κ3) is 1.76. The van der Waals surface area contributed by atoms with Gasteiger partial charge in [0, 0.05) is 12.1 Å². The molecule has 3 aliphatic rings. The summed E-state index contributed by atoms with van der Waals surface area (Å²) < 4.78 is 6.26. The van der Waals surface area contributed by atoms with Crippen molar-refractivity contribution in [2.45, 2.75) is 65.1 Å². The molecule has 3 unspecified atom stereocenters. The number of nitrogens with zero attached hydrogens (tertiary/aromatic N) is 1. The Hall–Kier alpha value is -0.0800. The molecule has 0 radical (unpaired) electrons. The molecule has 3 rings (SSSR count). The fraction of sp³-hybridized carbons (Fsp3) is 1.00. The Morgan fingerprint density at radius 2 is 1.76 bits per heavy atom. The van der Waals surface area contributed by atoms with E-state index in [1.807, 2.05) is 0 Å². The van der Waals surface area contributed by atoms with Crippen LogP contribution in [0.5, 0.6) is 0 Å². The van der Waals surface area contributed by atoms with Gasteiger partial charge in [0.1, 0.15) is 0 Å². The smallest absolute Gasteiger partial charge is 0.0756 e. The summed E-state index contributed by atoms with van der Waals surface area (Å²) in [6, 6.07) is 1.39. The van der Waals surface area contributed by atoms with E-state index >= 15 is 0 Å². The largest absolute Gasteiger partial charge is 0.375 e. The Balaban J connectivity index is 1.83. The second-order valence-electron chi connectivity index (χ2n) is 7.14. The van der Waals surface area contributed by atoms with Crippen molar-refractivity contribution in [1.82, 2.24) is 4.90 Å². The summed E-state index contributed by atoms with van der Waals surface area (Å²) >= 11 is 0. The van der Waals surface area contributed by atoms with Crippen LogP contribution in [0.3, 0.4) is 0 Å². The van der Waals surface area contributed by atoms with Crippen molar-refractivity contribution in [2.24, 2.45) is 17.3 Å². The van der Waals surface area contributed by atoms with Gasteiger partial charge in [0.2, 0.25) is 0 Å². The molecule has 0 amide bonds. The molecule has 0 bridgehead atoms. The van der Waals surface area contributed by atoms with Gasteiger partial charge in [-0.1, -0.05) is 27.7 Å². The highest BCUT2D eigenvalue weighted by molar-refractivity contribution is 5.11. The van der Waals surface area contributed by atoms with Gasteiger partial charge < -0.3 is 4.74 Å². The van der Waals surface area contributed by atoms with Crippen LogP contribution in [0.2, 0.25) is 0 Å². The highest BCUT2D eigenvalue weighted by Crippen LogP contribution is 2.59. The van der Waals surface area contributed by atoms with Crippen LogP contribution in [0.25, 0.3) is 0 Å². The second kappa shape index (κ2) is 3.96. The Bertz CT molecular complexity index is 295. The highest BCUT2D eigenvalue weighted by atomic mass is 16.5. The minimum atomic E-state index is 0.445. The van der Waals surface area contributed by atoms with Gasteiger partial charge >= 0.3 is 0 Å². The molecule has 2 nitrogen and oxygen atoms in total. The van der Waals surface area contributed by atoms with Crippen molar-refractivity contribution < 1.29 is 4.74 Å². The van der Waals surface area contributed by atoms with E-state index in [1.54, 1.807) is 0 Å². The van der Waals surface area contributed by atoms with Gasteiger partial charge in [0.25, 0.3) is 0 Å². The first-order chi connectivity index (χ1) is 8.05. The standard InChI is InChI=1S/C15H27NO/c1-10(2)13-14(11(3)4)17-9-12-15(5-6-15)7-8-16(12)13/h10-14H,5-9H2,1-4H3. The van der Waals surface area contributed by atoms with Crippen LogP contribution < -0.4 is 0 Å². The van der Waals surface area contributed by atoms with Crippen molar-refractivity contribution in [3.05, 3.63) is 0 Å². The Morgan fingerprint density at radius 1 is 1.06 bits per heavy atom. The van der Waals surface area contributed by atoms with E-state index < -0.39 is 0 Å². The minimum absolute atomic E-state index is 0.445. The SMILES string of the molecule is CC(C)C1OCC2N(CCC23CC3)C1C(C)C. The average Bonchev–Trinajstić information content (AvgIpc) is 2.95. The maximum absolute atomic E-state index is 6.26. The Morgan fingerprint density at radius 3 is 2.29 bits per heavy atom. The van der Waals surface area contributed by atoms with Crippen LogP contribution in [0.4, 0.5) is 0 Å². The molecule has 1 saturated carbocycles. The quantitative estimate of drug-likeness (QED) is 0.732. The number of hydrogen-bond donors (Lipinski definition) is 0. The zero-order chi connectivity index (χ0) is 12.2. The molecule has 0 N–H and O–H groups in total. The van der Waals surface area contributed by atoms with Crippen molar-refractivity contribution in [1.29, 1.82) is 0 Å². The molecule has 0 aromatic heterocycles. The lowest BCUT2D eigenvalue weighted by Gasteiger charge is -2.47. The first kappa shape index (κ1) is 12.0. The first-order valence-corrected chi connectivity index (χ1v) is 7.42. The monoisotopic (exact) mass is 237 g/mol. The molecule has 98 valence electrons. The summed E-state index contributed by atoms with van der Waals surface area (Å²) in [6.07, 6.45) is 4.78. The van der Waals surface area contributed by atoms with Gasteiger partial charge in [-0.3, -0.25) is 4.90 Å². The van der Waals surface area contributed by atoms with E-state index in [4.69, 9.17) is 4.74 Å². The number of ether oxygens (including phenoxy) is 1. The van der Waals surface area contributed by atoms with Crippen LogP contribution in [-0.4, -0.2) is 36.2 Å². The molecule has 0 aromatic carbocycles. The maximum atomic E-state index is 6.26. The second-order valence-corrected chi connectivity index (χ2v) is 7.14. The van der Waals surface area contributed by atoms with Crippen LogP contribution in [-0.2, 0) is 4.74 Å². The third-order valence-corrected chi connectivity index (χ3v) is 5.37. The summed E-state index contributed by atoms with van der Waals surface area (Å²) in [5.74, 6) is 1.35. The molecule has 2 aliphatic heterocycles. The van der Waals surface area contributed by atoms with Crippen molar-refractivity contribution in [3.63, 3.8) is 0 Å². The molecular weight excluding hydrogens is 210 g/mol. The van der Waals surface area contributed by atoms with Crippen LogP contribution in [0.15, 0.2) is 0 Å². The molecule has 17 heavy (non-hydrogen) atoms. The van der Waals surface area contributed by atoms with E-state index in [2.05, 4.69) is 32.6 Å². The van der Waals surface area contributed by atoms with E-state index in [9.17, 15) is 0 Å². The van der Waals surface area contributed by atoms with Gasteiger partial charge in [-0.15, -0.1) is 0 Å². The summed E-state index contributed by atoms with van der Waals surface area (Å²) in [5, 5.41) is 0. The van der Waals surface area contributed by atoms with Gasteiger partial charge in [0.15, 0.2) is 0 Å². The molecular formula is C15H27NO. The van der Waals surface area contributed by atoms with E-state index in [-0.39, 0.29) is 0 Å². The van der Waals surface area contributed by atoms with Gasteiger partial charge in [-0.2, -0.15) is 0 Å². The molecule has 1 aliphatic carbocycles. The predicted octanol–water partition coefficient (Wildman–Crippen LogP) is 2.92. The Kier molecular flexibility index (Phi) is 2.79. The fourth-order valence-electron chi connectivity index (χ4n) is 4.24. The lowest BCUT2D eigenvalue weighted by atomic mass is 9.86. The Labute approximate surface area is 106 Å². The van der Waals surface area contributed by atoms with E-state index in [0.29, 0.717) is 29.4 Å². The van der Waals surface area contributed by atoms with E-state index in [0.717, 1.165) is 12.6 Å². The van der Waals surface area contributed by atoms with Crippen LogP contribution in [0.1, 0.15) is 47.0 Å². The molecule has 3 atom stereocenters. The zero-order valence-corrected chi connectivity index (χ0v) is 11.8. The number of rotatable bonds is 2. The topological polar surface area (TPSA) is 12.5 Å². The van der Waals surface area contributed by atoms with Gasteiger partial charge in [-0.25, -0.2) is 0 Å². The van der Waals surface area contributed by atoms with Crippen molar-refractivity contribution in [2.75, 3.05) is 13.2 Å². The van der Waals surface area contributed by atoms with Crippen molar-refractivity contribution in [3.8, 4) is 0 Å². The normalized spacial score (nSPS) is 40.2. The predicted molar refractivity (Wildman–Crippen MR) is 70.0 cm³/mol. The number of morpholine rings is 1. The summed E-state index contributed by atoms with van der Waals surface area (Å²) in [6.45, 7) is 11.7. The molecule has 1 spiro atoms. The summed E-state index contributed by atoms with van der Waals surface area (Å²) in [4.78, 5) is 2.81. The average molecular weight is 237 g/mol. The minimum Gasteiger partial charge on any atom is -0.375 e. The van der Waals surface area contributed by atoms with Crippen molar-refractivity contribution >= 4 is 0 Å². The molecule has 2 heterocycles. The number of hydrogen-bond acceptors (Lipinski definition) is 2. The first-order valence-electron chi connectivity index (χ1n) is 7.42. The van der Waals surface area contributed by atoms with Crippen LogP contribution >= 0.6 is 0 Å². The number of fused-ring (bicyclic) bond motifs is 2. The zero-order valence-electron chi connectivity index (χ0n) is 11.8. The summed E-state index contributed by atoms with van der Waals surface area (Å²) in [5.41, 5.74) is 0.676. The molecule has 2 saturated heterocycles. The van der Waals surface area contributed by atoms with Gasteiger partial charge in [0.05, 0.1) is 12.7 Å². The molecule has 0 aromatic rings. The summed E-state index contributed by atoms with van der Waals surface area (Å²) in [7, 11) is 0.